The van der Waals surface area contributed by atoms with Crippen LogP contribution in [0.1, 0.15) is 51.9 Å². The highest BCUT2D eigenvalue weighted by Gasteiger charge is 2.31. The highest BCUT2D eigenvalue weighted by molar-refractivity contribution is 7.89. The van der Waals surface area contributed by atoms with Crippen LogP contribution in [0.4, 0.5) is 5.69 Å². The summed E-state index contributed by atoms with van der Waals surface area (Å²) in [4.78, 5) is 22.1. The Balaban J connectivity index is 2.61. The summed E-state index contributed by atoms with van der Waals surface area (Å²) in [6, 6.07) is 3.73. The lowest BCUT2D eigenvalue weighted by Gasteiger charge is -2.17. The second-order valence-corrected chi connectivity index (χ2v) is 10.8. The van der Waals surface area contributed by atoms with Crippen molar-refractivity contribution in [2.24, 2.45) is 5.14 Å². The molecule has 0 saturated carbocycles. The molecule has 1 atom stereocenters. The Kier molecular flexibility index (Phi) is 11.9. The highest BCUT2D eigenvalue weighted by atomic mass is 32.2. The fourth-order valence-electron chi connectivity index (χ4n) is 3.07. The Morgan fingerprint density at radius 2 is 1.70 bits per heavy atom. The van der Waals surface area contributed by atoms with Crippen molar-refractivity contribution in [2.45, 2.75) is 62.8 Å². The van der Waals surface area contributed by atoms with Crippen LogP contribution >= 0.6 is 0 Å². The van der Waals surface area contributed by atoms with Gasteiger partial charge in [-0.1, -0.05) is 44.2 Å². The molecule has 1 aromatic carbocycles. The number of carbonyl (C=O) groups is 1. The Morgan fingerprint density at radius 1 is 1.12 bits per heavy atom. The third kappa shape index (κ3) is 10.1. The van der Waals surface area contributed by atoms with Crippen LogP contribution in [0.5, 0.6) is 0 Å². The molecular formula is C19H32N4O8S2. The number of benzene rings is 1. The Labute approximate surface area is 194 Å². The topological polar surface area (TPSA) is 179 Å². The first kappa shape index (κ1) is 28.9. The molecular weight excluding hydrogens is 476 g/mol. The summed E-state index contributed by atoms with van der Waals surface area (Å²) in [6.45, 7) is 1.99. The van der Waals surface area contributed by atoms with Crippen molar-refractivity contribution >= 4 is 31.9 Å². The summed E-state index contributed by atoms with van der Waals surface area (Å²) in [6.07, 6.45) is 4.52. The van der Waals surface area contributed by atoms with Crippen molar-refractivity contribution in [1.82, 2.24) is 9.03 Å². The minimum Gasteiger partial charge on any atom is -0.465 e. The van der Waals surface area contributed by atoms with Crippen LogP contribution in [0, 0.1) is 10.1 Å². The molecule has 0 fully saturated rings. The lowest BCUT2D eigenvalue weighted by Crippen LogP contribution is -2.42. The molecule has 0 heterocycles. The van der Waals surface area contributed by atoms with Crippen molar-refractivity contribution in [1.29, 1.82) is 0 Å². The maximum Gasteiger partial charge on any atom is 0.324 e. The third-order valence-corrected chi connectivity index (χ3v) is 7.44. The van der Waals surface area contributed by atoms with Crippen LogP contribution in [0.3, 0.4) is 0 Å². The minimum absolute atomic E-state index is 0.0650. The summed E-state index contributed by atoms with van der Waals surface area (Å²) in [5.41, 5.74) is -0.583. The fraction of sp³-hybridized carbons (Fsp3) is 0.632. The maximum atomic E-state index is 12.7. The van der Waals surface area contributed by atoms with Crippen LogP contribution in [0.2, 0.25) is 0 Å². The third-order valence-electron chi connectivity index (χ3n) is 4.87. The predicted octanol–water partition coefficient (Wildman–Crippen LogP) is 1.67. The quantitative estimate of drug-likeness (QED) is 0.146. The first-order valence-electron chi connectivity index (χ1n) is 10.6. The summed E-state index contributed by atoms with van der Waals surface area (Å²) in [5, 5.41) is 16.2. The van der Waals surface area contributed by atoms with E-state index in [0.29, 0.717) is 25.8 Å². The van der Waals surface area contributed by atoms with Gasteiger partial charge in [0.25, 0.3) is 15.9 Å². The number of rotatable bonds is 16. The standard InChI is InChI=1S/C19H32N4O8S2/c1-3-31-19(24)16(12-8-6-4-5-7-11-15-22(2)33(20,29)30)21-32(27,28)18-14-10-9-13-17(18)23(25)26/h9-10,13-14,16,21H,3-8,11-12,15H2,1-2H3,(H2,20,29,30)/t16-/m0/s1. The normalized spacial score (nSPS) is 13.1. The first-order valence-corrected chi connectivity index (χ1v) is 13.5. The van der Waals surface area contributed by atoms with E-state index in [9.17, 15) is 31.7 Å². The number of nitrogens with one attached hydrogen (secondary N) is 1. The average molecular weight is 509 g/mol. The molecule has 1 aromatic rings. The molecule has 33 heavy (non-hydrogen) atoms. The van der Waals surface area contributed by atoms with E-state index in [0.717, 1.165) is 35.7 Å². The van der Waals surface area contributed by atoms with Gasteiger partial charge in [0, 0.05) is 19.7 Å². The number of carbonyl (C=O) groups excluding carboxylic acids is 1. The number of para-hydroxylation sites is 1. The van der Waals surface area contributed by atoms with Gasteiger partial charge in [0.1, 0.15) is 6.04 Å². The zero-order valence-corrected chi connectivity index (χ0v) is 20.4. The van der Waals surface area contributed by atoms with Gasteiger partial charge >= 0.3 is 5.97 Å². The number of nitro benzene ring substituents is 1. The van der Waals surface area contributed by atoms with Crippen LogP contribution < -0.4 is 9.86 Å². The van der Waals surface area contributed by atoms with Gasteiger partial charge in [-0.05, 0) is 25.8 Å². The van der Waals surface area contributed by atoms with Gasteiger partial charge in [-0.2, -0.15) is 17.4 Å². The Morgan fingerprint density at radius 3 is 2.27 bits per heavy atom. The molecule has 0 saturated heterocycles. The van der Waals surface area contributed by atoms with Crippen molar-refractivity contribution in [3.63, 3.8) is 0 Å². The van der Waals surface area contributed by atoms with E-state index in [1.165, 1.54) is 19.2 Å². The molecule has 0 aliphatic rings. The summed E-state index contributed by atoms with van der Waals surface area (Å²) >= 11 is 0. The predicted molar refractivity (Wildman–Crippen MR) is 122 cm³/mol. The molecule has 0 amide bonds. The first-order chi connectivity index (χ1) is 15.4. The van der Waals surface area contributed by atoms with E-state index in [1.807, 2.05) is 0 Å². The molecule has 1 rings (SSSR count). The number of ether oxygens (including phenoxy) is 1. The van der Waals surface area contributed by atoms with Gasteiger partial charge in [-0.15, -0.1) is 0 Å². The van der Waals surface area contributed by atoms with Crippen LogP contribution in [0.15, 0.2) is 29.2 Å². The lowest BCUT2D eigenvalue weighted by molar-refractivity contribution is -0.387. The Hall–Kier alpha value is -2.13. The monoisotopic (exact) mass is 508 g/mol. The SMILES string of the molecule is CCOC(=O)[C@H](CCCCCCCCN(C)S(N)(=O)=O)NS(=O)(=O)c1ccccc1[N+](=O)[O-]. The van der Waals surface area contributed by atoms with Crippen LogP contribution in [0.25, 0.3) is 0 Å². The fourth-order valence-corrected chi connectivity index (χ4v) is 4.85. The second-order valence-electron chi connectivity index (χ2n) is 7.43. The minimum atomic E-state index is -4.33. The van der Waals surface area contributed by atoms with Crippen LogP contribution in [-0.4, -0.2) is 58.3 Å². The molecule has 0 aliphatic heterocycles. The average Bonchev–Trinajstić information content (AvgIpc) is 2.73. The number of hydrogen-bond acceptors (Lipinski definition) is 8. The zero-order valence-electron chi connectivity index (χ0n) is 18.8. The smallest absolute Gasteiger partial charge is 0.324 e. The van der Waals surface area contributed by atoms with Gasteiger partial charge < -0.3 is 4.74 Å². The van der Waals surface area contributed by atoms with Gasteiger partial charge in [0.2, 0.25) is 10.0 Å². The molecule has 3 N–H and O–H groups in total. The number of esters is 1. The van der Waals surface area contributed by atoms with E-state index in [-0.39, 0.29) is 13.0 Å². The van der Waals surface area contributed by atoms with Crippen molar-refractivity contribution in [3.05, 3.63) is 34.4 Å². The van der Waals surface area contributed by atoms with E-state index in [2.05, 4.69) is 4.72 Å². The molecule has 0 radical (unpaired) electrons. The molecule has 0 unspecified atom stereocenters. The number of nitro groups is 1. The molecule has 12 nitrogen and oxygen atoms in total. The number of nitrogens with zero attached hydrogens (tertiary/aromatic N) is 2. The largest absolute Gasteiger partial charge is 0.465 e. The molecule has 188 valence electrons. The van der Waals surface area contributed by atoms with Crippen molar-refractivity contribution in [2.75, 3.05) is 20.2 Å². The lowest BCUT2D eigenvalue weighted by atomic mass is 10.1. The highest BCUT2D eigenvalue weighted by Crippen LogP contribution is 2.23. The summed E-state index contributed by atoms with van der Waals surface area (Å²) < 4.78 is 56.0. The van der Waals surface area contributed by atoms with E-state index in [4.69, 9.17) is 9.88 Å². The number of sulfonamides is 1. The van der Waals surface area contributed by atoms with Gasteiger partial charge in [-0.25, -0.2) is 13.6 Å². The van der Waals surface area contributed by atoms with Crippen molar-refractivity contribution in [3.8, 4) is 0 Å². The molecule has 0 bridgehead atoms. The number of hydrogen-bond donors (Lipinski definition) is 2. The van der Waals surface area contributed by atoms with Gasteiger partial charge in [0.15, 0.2) is 4.90 Å². The number of unbranched alkanes of at least 4 members (excludes halogenated alkanes) is 5. The second kappa shape index (κ2) is 13.5. The van der Waals surface area contributed by atoms with E-state index >= 15 is 0 Å². The summed E-state index contributed by atoms with van der Waals surface area (Å²) in [5.74, 6) is -0.745. The zero-order chi connectivity index (χ0) is 25.1. The maximum absolute atomic E-state index is 12.7. The molecule has 0 aromatic heterocycles. The van der Waals surface area contributed by atoms with Gasteiger partial charge in [-0.3, -0.25) is 14.9 Å². The summed E-state index contributed by atoms with van der Waals surface area (Å²) in [7, 11) is -6.59. The molecule has 0 spiro atoms. The van der Waals surface area contributed by atoms with Crippen molar-refractivity contribution < 1.29 is 31.3 Å². The van der Waals surface area contributed by atoms with E-state index < -0.39 is 47.7 Å². The van der Waals surface area contributed by atoms with E-state index in [1.54, 1.807) is 6.92 Å². The number of nitrogens with two attached hydrogens (primary N) is 1. The Bertz CT molecular complexity index is 999. The van der Waals surface area contributed by atoms with Crippen LogP contribution in [-0.2, 0) is 29.8 Å². The molecule has 14 heteroatoms. The van der Waals surface area contributed by atoms with Gasteiger partial charge in [0.05, 0.1) is 11.5 Å². The molecule has 0 aliphatic carbocycles.